The summed E-state index contributed by atoms with van der Waals surface area (Å²) in [6.45, 7) is 1.73. The van der Waals surface area contributed by atoms with Crippen molar-refractivity contribution >= 4 is 69.0 Å². The number of pyridine rings is 1. The fraction of sp³-hybridized carbons (Fsp3) is 0.259. The highest BCUT2D eigenvalue weighted by Crippen LogP contribution is 2.34. The van der Waals surface area contributed by atoms with Gasteiger partial charge in [-0.3, -0.25) is 28.1 Å². The van der Waals surface area contributed by atoms with Gasteiger partial charge >= 0.3 is 5.69 Å². The summed E-state index contributed by atoms with van der Waals surface area (Å²) in [7, 11) is 1.49. The van der Waals surface area contributed by atoms with E-state index >= 15 is 0 Å². The number of nitrogens with two attached hydrogens (primary N) is 1. The van der Waals surface area contributed by atoms with Gasteiger partial charge in [0.1, 0.15) is 17.0 Å². The topological polar surface area (TPSA) is 133 Å². The minimum Gasteiger partial charge on any atom is -0.338 e. The number of nitrogens with one attached hydrogen (secondary N) is 2. The molecule has 5 rings (SSSR count). The number of carbonyl (C=O) groups is 1. The van der Waals surface area contributed by atoms with Crippen LogP contribution in [-0.4, -0.2) is 26.2 Å². The van der Waals surface area contributed by atoms with Gasteiger partial charge in [-0.1, -0.05) is 6.07 Å². The van der Waals surface area contributed by atoms with Crippen molar-refractivity contribution in [3.63, 3.8) is 0 Å². The zero-order valence-electron chi connectivity index (χ0n) is 21.7. The van der Waals surface area contributed by atoms with Crippen molar-refractivity contribution in [2.24, 2.45) is 12.8 Å². The molecule has 0 bridgehead atoms. The highest BCUT2D eigenvalue weighted by molar-refractivity contribution is 14.1. The standard InChI is InChI=1S/C27H26FIN6O4.ClH/c1-14-23-22(24(33(2)25(14)37)32-20-9-6-15(29)12-19(20)28)26(38)35(17-7-8-17)27(39)34(23)18-5-3-4-16(13-18)31-21(36)10-11-30;/h3-6,9,12-13,17,32H,7-8,10-11,30H2,1-2H3,(H,31,36);1H. The summed E-state index contributed by atoms with van der Waals surface area (Å²) in [4.78, 5) is 53.3. The van der Waals surface area contributed by atoms with Crippen LogP contribution in [0.5, 0.6) is 0 Å². The molecule has 0 radical (unpaired) electrons. The molecule has 13 heteroatoms. The van der Waals surface area contributed by atoms with E-state index in [2.05, 4.69) is 10.6 Å². The molecule has 4 aromatic rings. The number of halogens is 3. The molecular weight excluding hydrogens is 654 g/mol. The summed E-state index contributed by atoms with van der Waals surface area (Å²) < 4.78 is 19.3. The van der Waals surface area contributed by atoms with Gasteiger partial charge in [0.05, 0.1) is 16.9 Å². The highest BCUT2D eigenvalue weighted by Gasteiger charge is 2.31. The van der Waals surface area contributed by atoms with Crippen molar-refractivity contribution in [2.45, 2.75) is 32.2 Å². The minimum absolute atomic E-state index is 0. The Balaban J connectivity index is 0.00000370. The molecule has 2 aromatic carbocycles. The number of hydrogen-bond acceptors (Lipinski definition) is 6. The number of benzene rings is 2. The van der Waals surface area contributed by atoms with Gasteiger partial charge in [0.2, 0.25) is 5.91 Å². The van der Waals surface area contributed by atoms with Crippen LogP contribution in [0.2, 0.25) is 0 Å². The Labute approximate surface area is 247 Å². The molecule has 0 saturated heterocycles. The first kappa shape index (κ1) is 29.5. The Kier molecular flexibility index (Phi) is 8.52. The number of amides is 1. The van der Waals surface area contributed by atoms with Crippen LogP contribution in [0.25, 0.3) is 16.6 Å². The lowest BCUT2D eigenvalue weighted by Crippen LogP contribution is -2.41. The Hall–Kier alpha value is -3.49. The first-order valence-electron chi connectivity index (χ1n) is 12.4. The summed E-state index contributed by atoms with van der Waals surface area (Å²) in [5.74, 6) is -0.771. The van der Waals surface area contributed by atoms with Crippen LogP contribution in [0.3, 0.4) is 0 Å². The molecule has 1 amide bonds. The number of rotatable bonds is 7. The molecule has 0 atom stereocenters. The van der Waals surface area contributed by atoms with Crippen molar-refractivity contribution in [1.29, 1.82) is 0 Å². The molecule has 0 unspecified atom stereocenters. The number of aryl methyl sites for hydroxylation is 1. The normalized spacial score (nSPS) is 12.7. The van der Waals surface area contributed by atoms with E-state index in [-0.39, 0.29) is 65.3 Å². The van der Waals surface area contributed by atoms with Gasteiger partial charge in [-0.15, -0.1) is 12.4 Å². The summed E-state index contributed by atoms with van der Waals surface area (Å²) in [5, 5.41) is 5.77. The molecule has 1 aliphatic rings. The quantitative estimate of drug-likeness (QED) is 0.255. The first-order valence-corrected chi connectivity index (χ1v) is 13.4. The van der Waals surface area contributed by atoms with Crippen LogP contribution in [0.4, 0.5) is 21.6 Å². The lowest BCUT2D eigenvalue weighted by atomic mass is 10.1. The molecule has 1 aliphatic carbocycles. The van der Waals surface area contributed by atoms with Gasteiger partial charge in [-0.05, 0) is 78.8 Å². The summed E-state index contributed by atoms with van der Waals surface area (Å²) in [5.41, 5.74) is 5.02. The third-order valence-corrected chi connectivity index (χ3v) is 7.37. The second-order valence-electron chi connectivity index (χ2n) is 9.47. The second-order valence-corrected chi connectivity index (χ2v) is 10.7. The smallest absolute Gasteiger partial charge is 0.336 e. The minimum atomic E-state index is -0.594. The van der Waals surface area contributed by atoms with Gasteiger partial charge in [0.25, 0.3) is 11.1 Å². The highest BCUT2D eigenvalue weighted by atomic mass is 127. The largest absolute Gasteiger partial charge is 0.338 e. The van der Waals surface area contributed by atoms with Gasteiger partial charge in [-0.25, -0.2) is 9.18 Å². The van der Waals surface area contributed by atoms with Crippen molar-refractivity contribution < 1.29 is 9.18 Å². The van der Waals surface area contributed by atoms with Gasteiger partial charge in [0, 0.05) is 40.9 Å². The second kappa shape index (κ2) is 11.6. The number of hydrogen-bond donors (Lipinski definition) is 3. The van der Waals surface area contributed by atoms with Gasteiger partial charge in [0.15, 0.2) is 0 Å². The first-order chi connectivity index (χ1) is 18.6. The van der Waals surface area contributed by atoms with Crippen LogP contribution in [0.15, 0.2) is 56.8 Å². The molecule has 1 fully saturated rings. The van der Waals surface area contributed by atoms with E-state index in [4.69, 9.17) is 5.73 Å². The number of aromatic nitrogens is 3. The molecule has 4 N–H and O–H groups in total. The van der Waals surface area contributed by atoms with E-state index in [9.17, 15) is 23.6 Å². The maximum Gasteiger partial charge on any atom is 0.336 e. The molecular formula is C27H27ClFIN6O4. The Bertz CT molecular complexity index is 1830. The van der Waals surface area contributed by atoms with Crippen LogP contribution in [-0.2, 0) is 11.8 Å². The van der Waals surface area contributed by atoms with E-state index in [0.29, 0.717) is 27.8 Å². The Morgan fingerprint density at radius 3 is 2.50 bits per heavy atom. The Morgan fingerprint density at radius 1 is 1.12 bits per heavy atom. The van der Waals surface area contributed by atoms with Gasteiger partial charge in [-0.2, -0.15) is 0 Å². The molecule has 210 valence electrons. The van der Waals surface area contributed by atoms with Crippen LogP contribution >= 0.6 is 35.0 Å². The third-order valence-electron chi connectivity index (χ3n) is 6.70. The molecule has 40 heavy (non-hydrogen) atoms. The van der Waals surface area contributed by atoms with Crippen LogP contribution < -0.4 is 33.2 Å². The van der Waals surface area contributed by atoms with Gasteiger partial charge < -0.3 is 16.4 Å². The van der Waals surface area contributed by atoms with Crippen LogP contribution in [0.1, 0.15) is 30.9 Å². The van der Waals surface area contributed by atoms with E-state index in [1.165, 1.54) is 32.9 Å². The lowest BCUT2D eigenvalue weighted by molar-refractivity contribution is -0.116. The molecule has 0 aliphatic heterocycles. The monoisotopic (exact) mass is 680 g/mol. The van der Waals surface area contributed by atoms with Crippen molar-refractivity contribution in [3.05, 3.63) is 88.6 Å². The lowest BCUT2D eigenvalue weighted by Gasteiger charge is -2.21. The van der Waals surface area contributed by atoms with Crippen molar-refractivity contribution in [1.82, 2.24) is 13.7 Å². The van der Waals surface area contributed by atoms with E-state index < -0.39 is 22.6 Å². The van der Waals surface area contributed by atoms with E-state index in [1.807, 2.05) is 22.6 Å². The van der Waals surface area contributed by atoms with Crippen molar-refractivity contribution in [2.75, 3.05) is 17.2 Å². The summed E-state index contributed by atoms with van der Waals surface area (Å²) in [6, 6.07) is 10.9. The number of anilines is 3. The number of fused-ring (bicyclic) bond motifs is 1. The predicted octanol–water partition coefficient (Wildman–Crippen LogP) is 3.69. The SMILES string of the molecule is Cc1c(=O)n(C)c(Nc2ccc(I)cc2F)c2c(=O)n(C3CC3)c(=O)n(-c3cccc(NC(=O)CCN)c3)c12.Cl. The average Bonchev–Trinajstić information content (AvgIpc) is 3.72. The summed E-state index contributed by atoms with van der Waals surface area (Å²) in [6.07, 6.45) is 1.45. The third kappa shape index (κ3) is 5.30. The molecule has 1 saturated carbocycles. The molecule has 2 heterocycles. The number of carbonyl (C=O) groups excluding carboxylic acids is 1. The van der Waals surface area contributed by atoms with E-state index in [0.717, 1.165) is 0 Å². The summed E-state index contributed by atoms with van der Waals surface area (Å²) >= 11 is 1.99. The molecule has 10 nitrogen and oxygen atoms in total. The maximum atomic E-state index is 14.8. The molecule has 0 spiro atoms. The molecule has 2 aromatic heterocycles. The van der Waals surface area contributed by atoms with Crippen molar-refractivity contribution in [3.8, 4) is 5.69 Å². The zero-order valence-corrected chi connectivity index (χ0v) is 24.6. The predicted molar refractivity (Wildman–Crippen MR) is 164 cm³/mol. The van der Waals surface area contributed by atoms with Crippen LogP contribution in [0, 0.1) is 16.3 Å². The Morgan fingerprint density at radius 2 is 1.85 bits per heavy atom. The fourth-order valence-corrected chi connectivity index (χ4v) is 5.10. The van der Waals surface area contributed by atoms with E-state index in [1.54, 1.807) is 37.3 Å². The fourth-order valence-electron chi connectivity index (χ4n) is 4.65. The zero-order chi connectivity index (χ0) is 28.0. The maximum absolute atomic E-state index is 14.8. The number of nitrogens with zero attached hydrogens (tertiary/aromatic N) is 3. The average molecular weight is 681 g/mol.